The van der Waals surface area contributed by atoms with E-state index < -0.39 is 0 Å². The Morgan fingerprint density at radius 2 is 2.06 bits per heavy atom. The Morgan fingerprint density at radius 1 is 1.29 bits per heavy atom. The molecule has 0 spiro atoms. The number of benzene rings is 1. The Morgan fingerprint density at radius 3 is 2.76 bits per heavy atom. The summed E-state index contributed by atoms with van der Waals surface area (Å²) in [5.41, 5.74) is 2.00. The molecule has 1 amide bonds. The molecular weight excluding hydrogens is 232 g/mol. The lowest BCUT2D eigenvalue weighted by atomic mass is 10.2. The summed E-state index contributed by atoms with van der Waals surface area (Å²) in [6.07, 6.45) is 2.05. The maximum Gasteiger partial charge on any atom is 0.228 e. The van der Waals surface area contributed by atoms with Crippen LogP contribution in [0.25, 0.3) is 11.3 Å². The molecule has 1 aliphatic rings. The highest BCUT2D eigenvalue weighted by molar-refractivity contribution is 7.10. The molecule has 3 nitrogen and oxygen atoms in total. The van der Waals surface area contributed by atoms with E-state index in [0.29, 0.717) is 0 Å². The zero-order valence-electron chi connectivity index (χ0n) is 9.22. The molecule has 2 aromatic rings. The van der Waals surface area contributed by atoms with Crippen molar-refractivity contribution in [1.29, 1.82) is 0 Å². The van der Waals surface area contributed by atoms with E-state index in [1.165, 1.54) is 11.5 Å². The quantitative estimate of drug-likeness (QED) is 0.901. The summed E-state index contributed by atoms with van der Waals surface area (Å²) >= 11 is 1.34. The molecule has 17 heavy (non-hydrogen) atoms. The number of hydrogen-bond acceptors (Lipinski definition) is 3. The molecular formula is C13H12N2OS. The van der Waals surface area contributed by atoms with Gasteiger partial charge in [-0.2, -0.15) is 4.37 Å². The number of hydrogen-bond donors (Lipinski definition) is 1. The molecule has 3 rings (SSSR count). The van der Waals surface area contributed by atoms with Crippen molar-refractivity contribution in [2.24, 2.45) is 5.92 Å². The summed E-state index contributed by atoms with van der Waals surface area (Å²) < 4.78 is 4.35. The van der Waals surface area contributed by atoms with Crippen LogP contribution in [0.3, 0.4) is 0 Å². The second kappa shape index (κ2) is 4.30. The first-order chi connectivity index (χ1) is 8.33. The predicted octanol–water partition coefficient (Wildman–Crippen LogP) is 3.16. The van der Waals surface area contributed by atoms with Gasteiger partial charge in [0.05, 0.1) is 5.69 Å². The van der Waals surface area contributed by atoms with Gasteiger partial charge in [-0.3, -0.25) is 4.79 Å². The van der Waals surface area contributed by atoms with Gasteiger partial charge >= 0.3 is 0 Å². The standard InChI is InChI=1S/C13H12N2OS/c16-13(10-6-7-10)14-12-8-11(15-17-12)9-4-2-1-3-5-9/h1-5,8,10H,6-7H2,(H,14,16). The van der Waals surface area contributed by atoms with E-state index in [9.17, 15) is 4.79 Å². The lowest BCUT2D eigenvalue weighted by Crippen LogP contribution is -2.11. The maximum absolute atomic E-state index is 11.6. The van der Waals surface area contributed by atoms with Crippen LogP contribution in [0.2, 0.25) is 0 Å². The van der Waals surface area contributed by atoms with E-state index in [-0.39, 0.29) is 11.8 Å². The molecule has 0 saturated heterocycles. The highest BCUT2D eigenvalue weighted by Gasteiger charge is 2.29. The molecule has 4 heteroatoms. The van der Waals surface area contributed by atoms with Gasteiger partial charge in [-0.05, 0) is 24.4 Å². The number of nitrogens with one attached hydrogen (secondary N) is 1. The zero-order chi connectivity index (χ0) is 11.7. The monoisotopic (exact) mass is 244 g/mol. The lowest BCUT2D eigenvalue weighted by Gasteiger charge is -1.97. The van der Waals surface area contributed by atoms with E-state index in [1.54, 1.807) is 0 Å². The number of anilines is 1. The Balaban J connectivity index is 1.76. The number of carbonyl (C=O) groups excluding carboxylic acids is 1. The van der Waals surface area contributed by atoms with Crippen LogP contribution in [0.15, 0.2) is 36.4 Å². The van der Waals surface area contributed by atoms with Gasteiger partial charge in [0.1, 0.15) is 5.00 Å². The highest BCUT2D eigenvalue weighted by Crippen LogP contribution is 2.31. The second-order valence-electron chi connectivity index (χ2n) is 4.21. The number of carbonyl (C=O) groups is 1. The van der Waals surface area contributed by atoms with Gasteiger partial charge in [0.2, 0.25) is 5.91 Å². The normalized spacial score (nSPS) is 14.6. The number of amides is 1. The van der Waals surface area contributed by atoms with Crippen molar-refractivity contribution in [2.75, 3.05) is 5.32 Å². The molecule has 1 heterocycles. The smallest absolute Gasteiger partial charge is 0.228 e. The van der Waals surface area contributed by atoms with Crippen molar-refractivity contribution in [1.82, 2.24) is 4.37 Å². The van der Waals surface area contributed by atoms with Gasteiger partial charge in [-0.1, -0.05) is 30.3 Å². The Bertz CT molecular complexity index is 531. The average Bonchev–Trinajstić information content (AvgIpc) is 3.12. The fourth-order valence-electron chi connectivity index (χ4n) is 1.65. The second-order valence-corrected chi connectivity index (χ2v) is 5.01. The van der Waals surface area contributed by atoms with Crippen molar-refractivity contribution >= 4 is 22.4 Å². The SMILES string of the molecule is O=C(Nc1cc(-c2ccccc2)ns1)C1CC1. The fourth-order valence-corrected chi connectivity index (χ4v) is 2.31. The molecule has 1 aromatic heterocycles. The minimum Gasteiger partial charge on any atom is -0.316 e. The number of aromatic nitrogens is 1. The van der Waals surface area contributed by atoms with Gasteiger partial charge in [0.25, 0.3) is 0 Å². The summed E-state index contributed by atoms with van der Waals surface area (Å²) in [4.78, 5) is 11.6. The van der Waals surface area contributed by atoms with Crippen molar-refractivity contribution < 1.29 is 4.79 Å². The topological polar surface area (TPSA) is 42.0 Å². The fraction of sp³-hybridized carbons (Fsp3) is 0.231. The molecule has 0 aliphatic heterocycles. The Kier molecular flexibility index (Phi) is 2.65. The number of nitrogens with zero attached hydrogens (tertiary/aromatic N) is 1. The van der Waals surface area contributed by atoms with Crippen molar-refractivity contribution in [3.05, 3.63) is 36.4 Å². The van der Waals surface area contributed by atoms with Crippen LogP contribution >= 0.6 is 11.5 Å². The van der Waals surface area contributed by atoms with Crippen LogP contribution in [0.5, 0.6) is 0 Å². The Labute approximate surface area is 104 Å². The molecule has 0 radical (unpaired) electrons. The maximum atomic E-state index is 11.6. The number of rotatable bonds is 3. The largest absolute Gasteiger partial charge is 0.316 e. The summed E-state index contributed by atoms with van der Waals surface area (Å²) in [7, 11) is 0. The van der Waals surface area contributed by atoms with Crippen molar-refractivity contribution in [3.8, 4) is 11.3 Å². The van der Waals surface area contributed by atoms with E-state index in [0.717, 1.165) is 29.1 Å². The van der Waals surface area contributed by atoms with E-state index in [2.05, 4.69) is 9.69 Å². The van der Waals surface area contributed by atoms with Crippen molar-refractivity contribution in [3.63, 3.8) is 0 Å². The zero-order valence-corrected chi connectivity index (χ0v) is 10.0. The molecule has 1 aromatic carbocycles. The molecule has 0 bridgehead atoms. The predicted molar refractivity (Wildman–Crippen MR) is 68.9 cm³/mol. The summed E-state index contributed by atoms with van der Waals surface area (Å²) in [6.45, 7) is 0. The van der Waals surface area contributed by atoms with Crippen LogP contribution in [0.1, 0.15) is 12.8 Å². The third-order valence-corrected chi connectivity index (χ3v) is 3.48. The first kappa shape index (κ1) is 10.5. The van der Waals surface area contributed by atoms with Crippen LogP contribution in [0, 0.1) is 5.92 Å². The lowest BCUT2D eigenvalue weighted by molar-refractivity contribution is -0.117. The summed E-state index contributed by atoms with van der Waals surface area (Å²) in [5.74, 6) is 0.366. The van der Waals surface area contributed by atoms with Gasteiger partial charge < -0.3 is 5.32 Å². The van der Waals surface area contributed by atoms with E-state index >= 15 is 0 Å². The van der Waals surface area contributed by atoms with Crippen LogP contribution in [-0.4, -0.2) is 10.3 Å². The van der Waals surface area contributed by atoms with E-state index in [4.69, 9.17) is 0 Å². The van der Waals surface area contributed by atoms with Gasteiger partial charge in [-0.15, -0.1) is 0 Å². The molecule has 1 fully saturated rings. The van der Waals surface area contributed by atoms with Crippen LogP contribution in [0.4, 0.5) is 5.00 Å². The average molecular weight is 244 g/mol. The summed E-state index contributed by atoms with van der Waals surface area (Å²) in [5, 5.41) is 3.75. The molecule has 1 N–H and O–H groups in total. The molecule has 0 atom stereocenters. The van der Waals surface area contributed by atoms with Crippen LogP contribution in [-0.2, 0) is 4.79 Å². The third kappa shape index (κ3) is 2.36. The minimum atomic E-state index is 0.133. The summed E-state index contributed by atoms with van der Waals surface area (Å²) in [6, 6.07) is 11.9. The van der Waals surface area contributed by atoms with Crippen molar-refractivity contribution in [2.45, 2.75) is 12.8 Å². The van der Waals surface area contributed by atoms with Crippen LogP contribution < -0.4 is 5.32 Å². The third-order valence-electron chi connectivity index (χ3n) is 2.77. The van der Waals surface area contributed by atoms with Gasteiger partial charge in [-0.25, -0.2) is 0 Å². The highest BCUT2D eigenvalue weighted by atomic mass is 32.1. The molecule has 86 valence electrons. The molecule has 1 saturated carbocycles. The van der Waals surface area contributed by atoms with Gasteiger partial charge in [0.15, 0.2) is 0 Å². The van der Waals surface area contributed by atoms with Gasteiger partial charge in [0, 0.05) is 17.5 Å². The molecule has 0 unspecified atom stereocenters. The first-order valence-corrected chi connectivity index (χ1v) is 6.43. The minimum absolute atomic E-state index is 0.133. The Hall–Kier alpha value is -1.68. The molecule has 1 aliphatic carbocycles. The van der Waals surface area contributed by atoms with E-state index in [1.807, 2.05) is 36.4 Å². The first-order valence-electron chi connectivity index (χ1n) is 5.66.